The summed E-state index contributed by atoms with van der Waals surface area (Å²) >= 11 is 0. The van der Waals surface area contributed by atoms with Crippen LogP contribution >= 0.6 is 0 Å². The van der Waals surface area contributed by atoms with Crippen molar-refractivity contribution in [1.29, 1.82) is 0 Å². The van der Waals surface area contributed by atoms with Crippen molar-refractivity contribution in [3.05, 3.63) is 258 Å². The van der Waals surface area contributed by atoms with Gasteiger partial charge in [-0.2, -0.15) is 0 Å². The van der Waals surface area contributed by atoms with Crippen molar-refractivity contribution in [3.8, 4) is 67.2 Å². The minimum Gasteiger partial charge on any atom is -0.292 e. The number of hydrogen-bond acceptors (Lipinski definition) is 10. The van der Waals surface area contributed by atoms with Gasteiger partial charge in [-0.25, -0.2) is 15.0 Å². The van der Waals surface area contributed by atoms with Crippen LogP contribution in [0.5, 0.6) is 0 Å². The number of dihydropyridines is 1. The zero-order valence-electron chi connectivity index (χ0n) is 49.5. The smallest absolute Gasteiger partial charge is 0.141 e. The SMILES string of the molecule is CC1(C)c2cccnc2N2c3cccnc3C(C)(C)c3cc(-c4cc(-c5ccccc5)cc(-c5ccc(-c6ccc(-c7cnc8c(c7)C(C)(C)c7cc(-c9ccccn9)nc9c7N8c7ccc(C8C=CCC=N8)nc7C9(C)C)nc6)cc5)c4)cc1c32. The lowest BCUT2D eigenvalue weighted by molar-refractivity contribution is 0.561. The molecule has 0 aliphatic carbocycles. The normalized spacial score (nSPS) is 17.1. The number of rotatable bonds is 7. The minimum atomic E-state index is -0.549. The minimum absolute atomic E-state index is 0.137. The number of fused-ring (bicyclic) bond motifs is 8. The molecule has 10 heteroatoms. The molecule has 12 heterocycles. The topological polar surface area (TPSA) is 109 Å². The van der Waals surface area contributed by atoms with Crippen LogP contribution in [-0.2, 0) is 21.7 Å². The summed E-state index contributed by atoms with van der Waals surface area (Å²) in [5.74, 6) is 1.84. The molecule has 0 fully saturated rings. The maximum Gasteiger partial charge on any atom is 0.141 e. The van der Waals surface area contributed by atoms with Gasteiger partial charge in [0.2, 0.25) is 0 Å². The number of anilines is 6. The molecule has 0 spiro atoms. The van der Waals surface area contributed by atoms with E-state index < -0.39 is 10.8 Å². The van der Waals surface area contributed by atoms with Crippen molar-refractivity contribution in [1.82, 2.24) is 34.9 Å². The summed E-state index contributed by atoms with van der Waals surface area (Å²) in [5, 5.41) is 0. The summed E-state index contributed by atoms with van der Waals surface area (Å²) in [4.78, 5) is 45.8. The third-order valence-corrected chi connectivity index (χ3v) is 19.0. The Labute approximate surface area is 501 Å². The lowest BCUT2D eigenvalue weighted by Gasteiger charge is -2.48. The molecule has 0 bridgehead atoms. The molecule has 0 amide bonds. The van der Waals surface area contributed by atoms with Crippen molar-refractivity contribution in [3.63, 3.8) is 0 Å². The van der Waals surface area contributed by atoms with Crippen LogP contribution in [0.4, 0.5) is 34.4 Å². The molecule has 5 aliphatic rings. The zero-order valence-corrected chi connectivity index (χ0v) is 49.5. The van der Waals surface area contributed by atoms with Gasteiger partial charge < -0.3 is 0 Å². The highest BCUT2D eigenvalue weighted by Gasteiger charge is 2.50. The van der Waals surface area contributed by atoms with Gasteiger partial charge in [0, 0.05) is 82.1 Å². The van der Waals surface area contributed by atoms with E-state index >= 15 is 0 Å². The van der Waals surface area contributed by atoms with Gasteiger partial charge in [-0.15, -0.1) is 0 Å². The summed E-state index contributed by atoms with van der Waals surface area (Å²) in [6, 6.07) is 59.1. The van der Waals surface area contributed by atoms with Gasteiger partial charge in [0.1, 0.15) is 17.7 Å². The number of allylic oxidation sites excluding steroid dienone is 1. The van der Waals surface area contributed by atoms with E-state index in [0.717, 1.165) is 125 Å². The van der Waals surface area contributed by atoms with Crippen molar-refractivity contribution >= 4 is 40.6 Å². The fourth-order valence-corrected chi connectivity index (χ4v) is 14.2. The van der Waals surface area contributed by atoms with Gasteiger partial charge in [0.25, 0.3) is 0 Å². The maximum absolute atomic E-state index is 5.47. The maximum atomic E-state index is 5.47. The second-order valence-electron chi connectivity index (χ2n) is 25.6. The predicted molar refractivity (Wildman–Crippen MR) is 346 cm³/mol. The molecular weight excluding hydrogens is 1050 g/mol. The number of benzene rings is 4. The zero-order chi connectivity index (χ0) is 58.4. The van der Waals surface area contributed by atoms with E-state index in [4.69, 9.17) is 39.9 Å². The Bertz CT molecular complexity index is 4580. The molecule has 4 aromatic carbocycles. The van der Waals surface area contributed by atoms with Gasteiger partial charge >= 0.3 is 0 Å². The standard InChI is InChI=1S/C76H62N10/c1-73(2)54-20-16-35-80-71(54)85-64-23-17-34-79-68(64)75(5,6)56-40-52(39-55(73)66(56)85)51-37-49(45-18-10-9-11-19-45)36-50(38-51)47-26-24-46(25-27-47)48-28-29-59(81-43-48)53-41-58-72(82-44-53)86-65-31-30-62(60-21-12-14-32-77-60)83-69(65)76(7,8)70-67(86)57(74(58,3)4)42-63(84-70)61-22-13-15-33-78-61/h9-13,15-44,60H,14H2,1-8H3. The summed E-state index contributed by atoms with van der Waals surface area (Å²) < 4.78 is 0. The second-order valence-corrected chi connectivity index (χ2v) is 25.6. The van der Waals surface area contributed by atoms with E-state index in [1.807, 2.05) is 61.5 Å². The fourth-order valence-electron chi connectivity index (χ4n) is 14.2. The van der Waals surface area contributed by atoms with E-state index in [1.54, 1.807) is 0 Å². The van der Waals surface area contributed by atoms with Crippen LogP contribution in [0.1, 0.15) is 118 Å². The Morgan fingerprint density at radius 2 is 0.977 bits per heavy atom. The van der Waals surface area contributed by atoms with Crippen LogP contribution < -0.4 is 9.80 Å². The monoisotopic (exact) mass is 1110 g/mol. The van der Waals surface area contributed by atoms with Crippen molar-refractivity contribution in [2.24, 2.45) is 4.99 Å². The molecule has 0 saturated carbocycles. The first-order valence-electron chi connectivity index (χ1n) is 29.8. The number of pyridine rings is 7. The highest BCUT2D eigenvalue weighted by atomic mass is 15.2. The third-order valence-electron chi connectivity index (χ3n) is 19.0. The first-order valence-corrected chi connectivity index (χ1v) is 29.8. The van der Waals surface area contributed by atoms with E-state index in [1.165, 1.54) is 33.5 Å². The lowest BCUT2D eigenvalue weighted by Crippen LogP contribution is -2.40. The predicted octanol–water partition coefficient (Wildman–Crippen LogP) is 18.0. The Morgan fingerprint density at radius 1 is 0.372 bits per heavy atom. The van der Waals surface area contributed by atoms with Crippen molar-refractivity contribution in [2.75, 3.05) is 9.80 Å². The number of aromatic nitrogens is 7. The van der Waals surface area contributed by atoms with E-state index in [9.17, 15) is 0 Å². The molecule has 11 aromatic rings. The summed E-state index contributed by atoms with van der Waals surface area (Å²) in [6.07, 6.45) is 16.7. The highest BCUT2D eigenvalue weighted by molar-refractivity contribution is 5.95. The van der Waals surface area contributed by atoms with Crippen LogP contribution in [-0.4, -0.2) is 41.1 Å². The van der Waals surface area contributed by atoms with Crippen LogP contribution in [0.2, 0.25) is 0 Å². The molecule has 16 rings (SSSR count). The lowest BCUT2D eigenvalue weighted by atomic mass is 9.67. The van der Waals surface area contributed by atoms with Crippen LogP contribution in [0.25, 0.3) is 67.2 Å². The van der Waals surface area contributed by atoms with E-state index in [0.29, 0.717) is 0 Å². The van der Waals surface area contributed by atoms with E-state index in [2.05, 4.69) is 217 Å². The van der Waals surface area contributed by atoms with Crippen molar-refractivity contribution in [2.45, 2.75) is 89.5 Å². The molecule has 5 aliphatic heterocycles. The third kappa shape index (κ3) is 7.71. The summed E-state index contributed by atoms with van der Waals surface area (Å²) in [7, 11) is 0. The summed E-state index contributed by atoms with van der Waals surface area (Å²) in [6.45, 7) is 18.4. The molecule has 0 saturated heterocycles. The first-order chi connectivity index (χ1) is 41.6. The largest absolute Gasteiger partial charge is 0.292 e. The molecule has 1 unspecified atom stereocenters. The van der Waals surface area contributed by atoms with Gasteiger partial charge in [0.05, 0.1) is 68.0 Å². The number of nitrogens with zero attached hydrogens (tertiary/aromatic N) is 10. The highest BCUT2D eigenvalue weighted by Crippen LogP contribution is 2.62. The average molecular weight is 1120 g/mol. The van der Waals surface area contributed by atoms with Crippen LogP contribution in [0.3, 0.4) is 0 Å². The van der Waals surface area contributed by atoms with Crippen LogP contribution in [0, 0.1) is 0 Å². The first kappa shape index (κ1) is 51.6. The fraction of sp³-hybridized carbons (Fsp3) is 0.184. The van der Waals surface area contributed by atoms with Gasteiger partial charge in [-0.3, -0.25) is 34.7 Å². The van der Waals surface area contributed by atoms with E-state index in [-0.39, 0.29) is 16.9 Å². The molecular formula is C76H62N10. The molecule has 0 radical (unpaired) electrons. The van der Waals surface area contributed by atoms with Gasteiger partial charge in [0.15, 0.2) is 0 Å². The Hall–Kier alpha value is -10.1. The Balaban J connectivity index is 0.753. The molecule has 10 nitrogen and oxygen atoms in total. The number of aliphatic imine (C=N–C) groups is 1. The average Bonchev–Trinajstić information content (AvgIpc) is 0.707. The molecule has 0 N–H and O–H groups in total. The number of hydrogen-bond donors (Lipinski definition) is 0. The Morgan fingerprint density at radius 3 is 1.71 bits per heavy atom. The summed E-state index contributed by atoms with van der Waals surface area (Å²) in [5.41, 5.74) is 25.0. The Kier molecular flexibility index (Phi) is 11.2. The van der Waals surface area contributed by atoms with Crippen LogP contribution in [0.15, 0.2) is 212 Å². The molecule has 86 heavy (non-hydrogen) atoms. The second kappa shape index (κ2) is 18.7. The van der Waals surface area contributed by atoms with Gasteiger partial charge in [-0.05, 0) is 174 Å². The molecule has 1 atom stereocenters. The van der Waals surface area contributed by atoms with Gasteiger partial charge in [-0.1, -0.05) is 113 Å². The van der Waals surface area contributed by atoms with Crippen molar-refractivity contribution < 1.29 is 0 Å². The molecule has 7 aromatic heterocycles. The quantitative estimate of drug-likeness (QED) is 0.144. The molecule has 416 valence electrons.